The lowest BCUT2D eigenvalue weighted by atomic mass is 10.0. The summed E-state index contributed by atoms with van der Waals surface area (Å²) < 4.78 is 0. The van der Waals surface area contributed by atoms with E-state index in [1.165, 1.54) is 0 Å². The summed E-state index contributed by atoms with van der Waals surface area (Å²) in [5, 5.41) is 22.8. The fourth-order valence-electron chi connectivity index (χ4n) is 3.29. The van der Waals surface area contributed by atoms with E-state index in [0.29, 0.717) is 24.2 Å². The fraction of sp³-hybridized carbons (Fsp3) is 0.429. The highest BCUT2D eigenvalue weighted by molar-refractivity contribution is 5.94. The minimum Gasteiger partial charge on any atom is -0.476 e. The molecule has 1 aliphatic heterocycles. The summed E-state index contributed by atoms with van der Waals surface area (Å²) in [5.41, 5.74) is 3.95. The fourth-order valence-corrected chi connectivity index (χ4v) is 3.29. The first-order valence-corrected chi connectivity index (χ1v) is 7.30. The second-order valence-corrected chi connectivity index (χ2v) is 5.69. The summed E-state index contributed by atoms with van der Waals surface area (Å²) in [6.07, 6.45) is 3.43. The van der Waals surface area contributed by atoms with E-state index in [9.17, 15) is 9.59 Å². The first kappa shape index (κ1) is 13.1. The second kappa shape index (κ2) is 4.69. The smallest absolute Gasteiger partial charge is 0.356 e. The number of hydrogen-bond acceptors (Lipinski definition) is 4. The molecule has 22 heavy (non-hydrogen) atoms. The number of nitrogens with zero attached hydrogens (tertiary/aromatic N) is 3. The molecule has 0 aromatic carbocycles. The zero-order valence-corrected chi connectivity index (χ0v) is 11.8. The molecule has 2 aromatic rings. The highest BCUT2D eigenvalue weighted by atomic mass is 16.4. The number of aromatic nitrogens is 4. The Labute approximate surface area is 125 Å². The van der Waals surface area contributed by atoms with Crippen molar-refractivity contribution in [2.45, 2.75) is 32.2 Å². The minimum atomic E-state index is -1.08. The van der Waals surface area contributed by atoms with Gasteiger partial charge in [-0.15, -0.1) is 0 Å². The molecule has 3 heterocycles. The lowest BCUT2D eigenvalue weighted by Gasteiger charge is -2.26. The molecule has 0 fully saturated rings. The molecule has 0 saturated carbocycles. The summed E-state index contributed by atoms with van der Waals surface area (Å²) in [6.45, 7) is 0.794. The van der Waals surface area contributed by atoms with Crippen molar-refractivity contribution >= 4 is 11.9 Å². The Morgan fingerprint density at radius 2 is 1.73 bits per heavy atom. The highest BCUT2D eigenvalue weighted by Crippen LogP contribution is 2.26. The van der Waals surface area contributed by atoms with E-state index in [0.717, 1.165) is 36.2 Å². The number of aromatic amines is 2. The third kappa shape index (κ3) is 1.83. The lowest BCUT2D eigenvalue weighted by molar-refractivity contribution is 0.0672. The average molecular weight is 301 g/mol. The Balaban J connectivity index is 1.63. The number of carboxylic acids is 1. The molecule has 1 amide bonds. The maximum atomic E-state index is 12.7. The molecule has 1 aliphatic carbocycles. The Morgan fingerprint density at radius 3 is 2.50 bits per heavy atom. The topological polar surface area (TPSA) is 115 Å². The van der Waals surface area contributed by atoms with Crippen LogP contribution in [0.3, 0.4) is 0 Å². The summed E-state index contributed by atoms with van der Waals surface area (Å²) in [7, 11) is 0. The van der Waals surface area contributed by atoms with Crippen LogP contribution < -0.4 is 0 Å². The van der Waals surface area contributed by atoms with Crippen molar-refractivity contribution < 1.29 is 14.7 Å². The molecule has 114 valence electrons. The van der Waals surface area contributed by atoms with Gasteiger partial charge < -0.3 is 10.0 Å². The van der Waals surface area contributed by atoms with E-state index in [-0.39, 0.29) is 18.1 Å². The number of carbonyl (C=O) groups is 2. The van der Waals surface area contributed by atoms with Crippen molar-refractivity contribution in [3.05, 3.63) is 33.9 Å². The van der Waals surface area contributed by atoms with Gasteiger partial charge in [-0.1, -0.05) is 0 Å². The maximum absolute atomic E-state index is 12.7. The summed E-state index contributed by atoms with van der Waals surface area (Å²) >= 11 is 0. The monoisotopic (exact) mass is 301 g/mol. The van der Waals surface area contributed by atoms with Crippen LogP contribution in [0.25, 0.3) is 0 Å². The van der Waals surface area contributed by atoms with Crippen LogP contribution in [-0.4, -0.2) is 48.8 Å². The van der Waals surface area contributed by atoms with Crippen LogP contribution in [0, 0.1) is 0 Å². The van der Waals surface area contributed by atoms with Gasteiger partial charge in [-0.2, -0.15) is 10.2 Å². The van der Waals surface area contributed by atoms with Crippen molar-refractivity contribution in [1.29, 1.82) is 0 Å². The SMILES string of the molecule is O=C(O)c1n[nH]c2c1CN(C(=O)c1n[nH]c3c1CCC3)CC2. The van der Waals surface area contributed by atoms with Crippen LogP contribution in [0.2, 0.25) is 0 Å². The third-order valence-corrected chi connectivity index (χ3v) is 4.43. The van der Waals surface area contributed by atoms with E-state index in [1.807, 2.05) is 0 Å². The number of carbonyl (C=O) groups excluding carboxylic acids is 1. The van der Waals surface area contributed by atoms with Crippen LogP contribution in [0.1, 0.15) is 49.9 Å². The van der Waals surface area contributed by atoms with Crippen LogP contribution in [-0.2, 0) is 25.8 Å². The van der Waals surface area contributed by atoms with Crippen LogP contribution >= 0.6 is 0 Å². The summed E-state index contributed by atoms with van der Waals surface area (Å²) in [4.78, 5) is 25.5. The van der Waals surface area contributed by atoms with Gasteiger partial charge >= 0.3 is 5.97 Å². The maximum Gasteiger partial charge on any atom is 0.356 e. The molecule has 0 spiro atoms. The standard InChI is InChI=1S/C14H15N5O3/c20-13(11-7-2-1-3-9(7)15-17-11)19-5-4-10-8(6-19)12(14(21)22)18-16-10/h1-6H2,(H,15,17)(H,16,18)(H,21,22). The predicted molar refractivity (Wildman–Crippen MR) is 74.6 cm³/mol. The molecule has 0 saturated heterocycles. The van der Waals surface area contributed by atoms with E-state index in [4.69, 9.17) is 5.11 Å². The third-order valence-electron chi connectivity index (χ3n) is 4.43. The van der Waals surface area contributed by atoms with Gasteiger partial charge in [-0.05, 0) is 19.3 Å². The minimum absolute atomic E-state index is 0.000225. The second-order valence-electron chi connectivity index (χ2n) is 5.69. The quantitative estimate of drug-likeness (QED) is 0.748. The first-order valence-electron chi connectivity index (χ1n) is 7.30. The van der Waals surface area contributed by atoms with Gasteiger partial charge in [0, 0.05) is 35.5 Å². The molecule has 0 unspecified atom stereocenters. The number of H-pyrrole nitrogens is 2. The Morgan fingerprint density at radius 1 is 1.00 bits per heavy atom. The van der Waals surface area contributed by atoms with E-state index in [1.54, 1.807) is 4.90 Å². The van der Waals surface area contributed by atoms with Crippen LogP contribution in [0.4, 0.5) is 0 Å². The number of hydrogen-bond donors (Lipinski definition) is 3. The van der Waals surface area contributed by atoms with E-state index < -0.39 is 5.97 Å². The molecule has 3 N–H and O–H groups in total. The summed E-state index contributed by atoms with van der Waals surface area (Å²) in [6, 6.07) is 0. The number of nitrogens with one attached hydrogen (secondary N) is 2. The van der Waals surface area contributed by atoms with E-state index in [2.05, 4.69) is 20.4 Å². The molecule has 8 heteroatoms. The number of aromatic carboxylic acids is 1. The molecule has 8 nitrogen and oxygen atoms in total. The predicted octanol–water partition coefficient (Wildman–Crippen LogP) is 0.518. The van der Waals surface area contributed by atoms with Crippen molar-refractivity contribution in [2.24, 2.45) is 0 Å². The van der Waals surface area contributed by atoms with Crippen molar-refractivity contribution in [3.63, 3.8) is 0 Å². The van der Waals surface area contributed by atoms with Gasteiger partial charge in [0.2, 0.25) is 0 Å². The normalized spacial score (nSPS) is 16.5. The van der Waals surface area contributed by atoms with Crippen LogP contribution in [0.5, 0.6) is 0 Å². The number of fused-ring (bicyclic) bond motifs is 2. The molecule has 0 radical (unpaired) electrons. The molecule has 2 aromatic heterocycles. The molecule has 4 rings (SSSR count). The van der Waals surface area contributed by atoms with Gasteiger partial charge in [-0.3, -0.25) is 15.0 Å². The van der Waals surface area contributed by atoms with Crippen LogP contribution in [0.15, 0.2) is 0 Å². The number of aryl methyl sites for hydroxylation is 1. The zero-order chi connectivity index (χ0) is 15.3. The Kier molecular flexibility index (Phi) is 2.78. The van der Waals surface area contributed by atoms with Gasteiger partial charge in [0.1, 0.15) is 0 Å². The lowest BCUT2D eigenvalue weighted by Crippen LogP contribution is -2.37. The Bertz CT molecular complexity index is 776. The largest absolute Gasteiger partial charge is 0.476 e. The Hall–Kier alpha value is -2.64. The molecule has 0 atom stereocenters. The van der Waals surface area contributed by atoms with Gasteiger partial charge in [-0.25, -0.2) is 4.79 Å². The summed E-state index contributed by atoms with van der Waals surface area (Å²) in [5.74, 6) is -1.21. The number of carboxylic acid groups (broad SMARTS) is 1. The molecular weight excluding hydrogens is 286 g/mol. The molecule has 2 aliphatic rings. The molecular formula is C14H15N5O3. The van der Waals surface area contributed by atoms with Crippen molar-refractivity contribution in [3.8, 4) is 0 Å². The number of amides is 1. The first-order chi connectivity index (χ1) is 10.6. The van der Waals surface area contributed by atoms with Crippen molar-refractivity contribution in [1.82, 2.24) is 25.3 Å². The van der Waals surface area contributed by atoms with Gasteiger partial charge in [0.15, 0.2) is 11.4 Å². The van der Waals surface area contributed by atoms with Gasteiger partial charge in [0.25, 0.3) is 5.91 Å². The average Bonchev–Trinajstić information content (AvgIpc) is 3.20. The zero-order valence-electron chi connectivity index (χ0n) is 11.8. The van der Waals surface area contributed by atoms with Crippen molar-refractivity contribution in [2.75, 3.05) is 6.54 Å². The number of rotatable bonds is 2. The van der Waals surface area contributed by atoms with Gasteiger partial charge in [0.05, 0.1) is 6.54 Å². The highest BCUT2D eigenvalue weighted by Gasteiger charge is 2.31. The molecule has 0 bridgehead atoms. The van der Waals surface area contributed by atoms with E-state index >= 15 is 0 Å².